The zero-order chi connectivity index (χ0) is 52.2. The van der Waals surface area contributed by atoms with Gasteiger partial charge >= 0.3 is 5.97 Å². The predicted octanol–water partition coefficient (Wildman–Crippen LogP) is 20.6. The largest absolute Gasteiger partial charge is 0.466 e. The van der Waals surface area contributed by atoms with Crippen LogP contribution in [0.4, 0.5) is 0 Å². The molecule has 0 rings (SSSR count). The first-order valence-electron chi connectivity index (χ1n) is 32.6. The lowest BCUT2D eigenvalue weighted by Gasteiger charge is -2.22. The summed E-state index contributed by atoms with van der Waals surface area (Å²) in [6, 6.07) is -0.549. The van der Waals surface area contributed by atoms with E-state index in [2.05, 4.69) is 43.5 Å². The van der Waals surface area contributed by atoms with Crippen molar-refractivity contribution in [2.45, 2.75) is 373 Å². The van der Waals surface area contributed by atoms with Crippen molar-refractivity contribution in [2.24, 2.45) is 0 Å². The van der Waals surface area contributed by atoms with Crippen LogP contribution in [0.3, 0.4) is 0 Å². The summed E-state index contributed by atoms with van der Waals surface area (Å²) in [5.41, 5.74) is 0. The molecule has 72 heavy (non-hydrogen) atoms. The van der Waals surface area contributed by atoms with Gasteiger partial charge in [0.15, 0.2) is 0 Å². The highest BCUT2D eigenvalue weighted by Crippen LogP contribution is 2.18. The van der Waals surface area contributed by atoms with E-state index in [1.54, 1.807) is 0 Å². The third-order valence-corrected chi connectivity index (χ3v) is 15.3. The molecule has 0 saturated carbocycles. The first-order valence-corrected chi connectivity index (χ1v) is 32.6. The summed E-state index contributed by atoms with van der Waals surface area (Å²) in [7, 11) is 0. The third-order valence-electron chi connectivity index (χ3n) is 15.3. The predicted molar refractivity (Wildman–Crippen MR) is 315 cm³/mol. The molecule has 0 aliphatic carbocycles. The highest BCUT2D eigenvalue weighted by atomic mass is 16.5. The summed E-state index contributed by atoms with van der Waals surface area (Å²) in [4.78, 5) is 24.6. The minimum Gasteiger partial charge on any atom is -0.466 e. The Morgan fingerprint density at radius 2 is 0.694 bits per heavy atom. The molecule has 0 aromatic heterocycles. The van der Waals surface area contributed by atoms with Gasteiger partial charge in [-0.25, -0.2) is 0 Å². The number of aliphatic hydroxyl groups is 2. The third kappa shape index (κ3) is 57.6. The van der Waals surface area contributed by atoms with Crippen LogP contribution >= 0.6 is 0 Å². The lowest BCUT2D eigenvalue weighted by atomic mass is 10.0. The van der Waals surface area contributed by atoms with Crippen LogP contribution in [-0.4, -0.2) is 47.4 Å². The fraction of sp³-hybridized carbons (Fsp3) is 0.909. The lowest BCUT2D eigenvalue weighted by Crippen LogP contribution is -2.45. The van der Waals surface area contributed by atoms with Gasteiger partial charge in [0.25, 0.3) is 0 Å². The van der Waals surface area contributed by atoms with Crippen LogP contribution < -0.4 is 5.32 Å². The second kappa shape index (κ2) is 61.9. The number of ether oxygens (including phenoxy) is 1. The summed E-state index contributed by atoms with van der Waals surface area (Å²) in [5, 5.41) is 23.3. The number of hydrogen-bond acceptors (Lipinski definition) is 5. The molecule has 0 aromatic carbocycles. The molecule has 0 aromatic rings. The maximum absolute atomic E-state index is 12.5. The Kier molecular flexibility index (Phi) is 60.5. The molecule has 6 heteroatoms. The number of carbonyl (C=O) groups is 2. The quantitative estimate of drug-likeness (QED) is 0.0320. The molecule has 0 aliphatic rings. The second-order valence-corrected chi connectivity index (χ2v) is 22.5. The molecule has 0 heterocycles. The molecule has 0 bridgehead atoms. The molecule has 1 amide bonds. The Hall–Kier alpha value is -1.66. The number of nitrogens with one attached hydrogen (secondary N) is 1. The van der Waals surface area contributed by atoms with Crippen LogP contribution in [0.2, 0.25) is 0 Å². The van der Waals surface area contributed by atoms with Crippen molar-refractivity contribution >= 4 is 11.9 Å². The number of hydrogen-bond donors (Lipinski definition) is 3. The monoisotopic (exact) mass is 1010 g/mol. The number of aliphatic hydroxyl groups excluding tert-OH is 2. The van der Waals surface area contributed by atoms with Gasteiger partial charge < -0.3 is 20.3 Å². The molecular weight excluding hydrogens is 887 g/mol. The Morgan fingerprint density at radius 1 is 0.389 bits per heavy atom. The fourth-order valence-corrected chi connectivity index (χ4v) is 10.3. The average molecular weight is 1010 g/mol. The Labute approximate surface area is 450 Å². The van der Waals surface area contributed by atoms with Gasteiger partial charge in [0.1, 0.15) is 0 Å². The number of rotatable bonds is 61. The molecule has 6 nitrogen and oxygen atoms in total. The van der Waals surface area contributed by atoms with Crippen LogP contribution in [0.5, 0.6) is 0 Å². The maximum atomic E-state index is 12.5. The summed E-state index contributed by atoms with van der Waals surface area (Å²) in [5.74, 6) is -0.0317. The Balaban J connectivity index is 3.42. The van der Waals surface area contributed by atoms with Crippen LogP contribution in [-0.2, 0) is 14.3 Å². The lowest BCUT2D eigenvalue weighted by molar-refractivity contribution is -0.143. The highest BCUT2D eigenvalue weighted by molar-refractivity contribution is 5.76. The van der Waals surface area contributed by atoms with E-state index in [9.17, 15) is 19.8 Å². The molecule has 0 aliphatic heterocycles. The van der Waals surface area contributed by atoms with E-state index < -0.39 is 12.1 Å². The molecule has 0 radical (unpaired) electrons. The average Bonchev–Trinajstić information content (AvgIpc) is 3.38. The summed E-state index contributed by atoms with van der Waals surface area (Å²) in [6.45, 7) is 4.97. The van der Waals surface area contributed by atoms with Gasteiger partial charge in [-0.05, 0) is 57.8 Å². The van der Waals surface area contributed by atoms with E-state index in [1.807, 2.05) is 0 Å². The molecule has 3 N–H and O–H groups in total. The van der Waals surface area contributed by atoms with E-state index in [0.29, 0.717) is 25.9 Å². The van der Waals surface area contributed by atoms with E-state index in [-0.39, 0.29) is 18.5 Å². The van der Waals surface area contributed by atoms with Crippen molar-refractivity contribution in [3.8, 4) is 0 Å². The molecule has 2 atom stereocenters. The van der Waals surface area contributed by atoms with Gasteiger partial charge in [0.2, 0.25) is 5.91 Å². The SMILES string of the molecule is CCCCCCCCCCCCCCCCCCCC(=O)OCCCCCCCCCCC/C=C\C/C=C\CCCCCCCCCC(=O)NC(CO)C(O)CCCCCCCCCCCCCCCCC. The van der Waals surface area contributed by atoms with Gasteiger partial charge in [-0.3, -0.25) is 9.59 Å². The Morgan fingerprint density at radius 3 is 1.06 bits per heavy atom. The van der Waals surface area contributed by atoms with Crippen molar-refractivity contribution in [1.82, 2.24) is 5.32 Å². The number of allylic oxidation sites excluding steroid dienone is 4. The number of unbranched alkanes of at least 4 members (excludes halogenated alkanes) is 46. The van der Waals surface area contributed by atoms with E-state index in [1.165, 1.54) is 283 Å². The standard InChI is InChI=1S/C66H127NO5/c1-3-5-7-9-11-13-15-17-19-27-32-36-40-44-48-52-56-60-66(71)72-61-57-53-49-45-41-37-33-29-26-24-22-20-21-23-25-28-31-35-39-43-47-51-55-59-65(70)67-63(62-68)64(69)58-54-50-46-42-38-34-30-18-16-14-12-10-8-6-4-2/h20,22-23,25,63-64,68-69H,3-19,21,24,26-62H2,1-2H3,(H,67,70)/b22-20-,25-23-. The highest BCUT2D eigenvalue weighted by Gasteiger charge is 2.20. The topological polar surface area (TPSA) is 95.9 Å². The van der Waals surface area contributed by atoms with Gasteiger partial charge in [0, 0.05) is 12.8 Å². The number of amides is 1. The first kappa shape index (κ1) is 70.3. The summed E-state index contributed by atoms with van der Waals surface area (Å²) >= 11 is 0. The van der Waals surface area contributed by atoms with E-state index >= 15 is 0 Å². The van der Waals surface area contributed by atoms with Gasteiger partial charge in [0.05, 0.1) is 25.4 Å². The molecular formula is C66H127NO5. The van der Waals surface area contributed by atoms with Gasteiger partial charge in [-0.1, -0.05) is 314 Å². The summed E-state index contributed by atoms with van der Waals surface area (Å²) < 4.78 is 5.49. The number of esters is 1. The van der Waals surface area contributed by atoms with Crippen molar-refractivity contribution < 1.29 is 24.5 Å². The molecule has 0 fully saturated rings. The Bertz CT molecular complexity index is 1120. The van der Waals surface area contributed by atoms with Crippen LogP contribution in [0.1, 0.15) is 361 Å². The van der Waals surface area contributed by atoms with Gasteiger partial charge in [-0.15, -0.1) is 0 Å². The van der Waals surface area contributed by atoms with Crippen LogP contribution in [0, 0.1) is 0 Å². The molecule has 0 spiro atoms. The first-order chi connectivity index (χ1) is 35.5. The van der Waals surface area contributed by atoms with Crippen molar-refractivity contribution in [2.75, 3.05) is 13.2 Å². The van der Waals surface area contributed by atoms with Crippen LogP contribution in [0.15, 0.2) is 24.3 Å². The zero-order valence-electron chi connectivity index (χ0n) is 48.7. The normalized spacial score (nSPS) is 12.7. The maximum Gasteiger partial charge on any atom is 0.305 e. The minimum atomic E-state index is -0.670. The minimum absolute atomic E-state index is 0.0116. The summed E-state index contributed by atoms with van der Waals surface area (Å²) in [6.07, 6.45) is 76.2. The number of carbonyl (C=O) groups excluding carboxylic acids is 2. The van der Waals surface area contributed by atoms with Crippen molar-refractivity contribution in [3.63, 3.8) is 0 Å². The molecule has 426 valence electrons. The van der Waals surface area contributed by atoms with Crippen molar-refractivity contribution in [3.05, 3.63) is 24.3 Å². The van der Waals surface area contributed by atoms with E-state index in [0.717, 1.165) is 44.9 Å². The van der Waals surface area contributed by atoms with Crippen molar-refractivity contribution in [1.29, 1.82) is 0 Å². The van der Waals surface area contributed by atoms with E-state index in [4.69, 9.17) is 4.74 Å². The molecule has 2 unspecified atom stereocenters. The van der Waals surface area contributed by atoms with Crippen LogP contribution in [0.25, 0.3) is 0 Å². The fourth-order valence-electron chi connectivity index (χ4n) is 10.3. The smallest absolute Gasteiger partial charge is 0.305 e. The molecule has 0 saturated heterocycles. The second-order valence-electron chi connectivity index (χ2n) is 22.5. The van der Waals surface area contributed by atoms with Gasteiger partial charge in [-0.2, -0.15) is 0 Å². The zero-order valence-corrected chi connectivity index (χ0v) is 48.7.